The lowest BCUT2D eigenvalue weighted by atomic mass is 9.94. The third kappa shape index (κ3) is 3.68. The number of benzene rings is 1. The van der Waals surface area contributed by atoms with E-state index >= 15 is 0 Å². The fraction of sp³-hybridized carbons (Fsp3) is 0.571. The SMILES string of the molecule is CCCCNc1c([N+](=O)[O-])cc(C)c(C(C)C)c1[N+](=O)[O-]. The Hall–Kier alpha value is -2.18. The van der Waals surface area contributed by atoms with Gasteiger partial charge in [0.1, 0.15) is 0 Å². The lowest BCUT2D eigenvalue weighted by Gasteiger charge is -2.15. The van der Waals surface area contributed by atoms with Gasteiger partial charge < -0.3 is 5.32 Å². The molecule has 0 saturated heterocycles. The minimum absolute atomic E-state index is 0.0211. The van der Waals surface area contributed by atoms with Gasteiger partial charge in [0.2, 0.25) is 0 Å². The molecule has 0 unspecified atom stereocenters. The molecule has 7 nitrogen and oxygen atoms in total. The van der Waals surface area contributed by atoms with E-state index in [1.807, 2.05) is 20.8 Å². The Bertz CT molecular complexity index is 556. The highest BCUT2D eigenvalue weighted by atomic mass is 16.6. The lowest BCUT2D eigenvalue weighted by molar-refractivity contribution is -0.392. The van der Waals surface area contributed by atoms with Crippen LogP contribution in [0.5, 0.6) is 0 Å². The second-order valence-electron chi connectivity index (χ2n) is 5.30. The van der Waals surface area contributed by atoms with Crippen LogP contribution in [0.4, 0.5) is 17.1 Å². The lowest BCUT2D eigenvalue weighted by Crippen LogP contribution is -2.10. The fourth-order valence-corrected chi connectivity index (χ4v) is 2.42. The van der Waals surface area contributed by atoms with E-state index in [1.165, 1.54) is 6.07 Å². The molecule has 116 valence electrons. The highest BCUT2D eigenvalue weighted by Gasteiger charge is 2.31. The number of nitrogens with zero attached hydrogens (tertiary/aromatic N) is 2. The Balaban J connectivity index is 3.55. The summed E-state index contributed by atoms with van der Waals surface area (Å²) in [4.78, 5) is 21.6. The van der Waals surface area contributed by atoms with Gasteiger partial charge in [-0.15, -0.1) is 0 Å². The summed E-state index contributed by atoms with van der Waals surface area (Å²) in [6.07, 6.45) is 1.69. The molecule has 0 amide bonds. The molecular weight excluding hydrogens is 274 g/mol. The van der Waals surface area contributed by atoms with E-state index in [2.05, 4.69) is 5.32 Å². The molecule has 21 heavy (non-hydrogen) atoms. The van der Waals surface area contributed by atoms with Gasteiger partial charge in [0.15, 0.2) is 5.69 Å². The van der Waals surface area contributed by atoms with Crippen LogP contribution in [0, 0.1) is 27.2 Å². The van der Waals surface area contributed by atoms with Crippen molar-refractivity contribution in [3.63, 3.8) is 0 Å². The second kappa shape index (κ2) is 7.01. The third-order valence-electron chi connectivity index (χ3n) is 3.31. The first kappa shape index (κ1) is 16.9. The van der Waals surface area contributed by atoms with Crippen molar-refractivity contribution in [3.05, 3.63) is 37.4 Å². The topological polar surface area (TPSA) is 98.3 Å². The highest BCUT2D eigenvalue weighted by Crippen LogP contribution is 2.42. The minimum Gasteiger partial charge on any atom is -0.374 e. The van der Waals surface area contributed by atoms with Crippen LogP contribution in [0.2, 0.25) is 0 Å². The normalized spacial score (nSPS) is 10.7. The van der Waals surface area contributed by atoms with E-state index in [-0.39, 0.29) is 23.0 Å². The van der Waals surface area contributed by atoms with Crippen LogP contribution in [-0.4, -0.2) is 16.4 Å². The first-order chi connectivity index (χ1) is 9.81. The monoisotopic (exact) mass is 295 g/mol. The molecule has 0 aromatic heterocycles. The van der Waals surface area contributed by atoms with Crippen molar-refractivity contribution < 1.29 is 9.85 Å². The largest absolute Gasteiger partial charge is 0.374 e. The Labute approximate surface area is 123 Å². The van der Waals surface area contributed by atoms with E-state index in [4.69, 9.17) is 0 Å². The molecule has 0 aliphatic carbocycles. The Kier molecular flexibility index (Phi) is 5.63. The van der Waals surface area contributed by atoms with Crippen LogP contribution in [0.3, 0.4) is 0 Å². The van der Waals surface area contributed by atoms with E-state index in [0.717, 1.165) is 12.8 Å². The second-order valence-corrected chi connectivity index (χ2v) is 5.30. The molecular formula is C14H21N3O4. The molecule has 1 aromatic rings. The summed E-state index contributed by atoms with van der Waals surface area (Å²) in [6, 6.07) is 1.41. The third-order valence-corrected chi connectivity index (χ3v) is 3.31. The quantitative estimate of drug-likeness (QED) is 0.463. The van der Waals surface area contributed by atoms with Crippen molar-refractivity contribution in [2.75, 3.05) is 11.9 Å². The van der Waals surface area contributed by atoms with Gasteiger partial charge in [-0.1, -0.05) is 27.2 Å². The number of nitrogens with one attached hydrogen (secondary N) is 1. The summed E-state index contributed by atoms with van der Waals surface area (Å²) in [5, 5.41) is 25.5. The van der Waals surface area contributed by atoms with Crippen LogP contribution < -0.4 is 5.32 Å². The number of nitro groups is 2. The van der Waals surface area contributed by atoms with E-state index in [1.54, 1.807) is 6.92 Å². The molecule has 0 spiro atoms. The maximum atomic E-state index is 11.4. The van der Waals surface area contributed by atoms with Gasteiger partial charge in [-0.25, -0.2) is 0 Å². The number of nitro benzene ring substituents is 2. The number of unbranched alkanes of at least 4 members (excludes halogenated alkanes) is 1. The Morgan fingerprint density at radius 2 is 1.86 bits per heavy atom. The molecule has 1 aromatic carbocycles. The van der Waals surface area contributed by atoms with Crippen molar-refractivity contribution in [1.82, 2.24) is 0 Å². The van der Waals surface area contributed by atoms with Gasteiger partial charge in [0, 0.05) is 18.2 Å². The predicted octanol–water partition coefficient (Wildman–Crippen LogP) is 4.15. The summed E-state index contributed by atoms with van der Waals surface area (Å²) >= 11 is 0. The smallest absolute Gasteiger partial charge is 0.303 e. The van der Waals surface area contributed by atoms with Crippen molar-refractivity contribution in [2.24, 2.45) is 0 Å². The molecule has 7 heteroatoms. The van der Waals surface area contributed by atoms with Gasteiger partial charge in [-0.3, -0.25) is 20.2 Å². The molecule has 0 fully saturated rings. The summed E-state index contributed by atoms with van der Waals surface area (Å²) < 4.78 is 0. The number of hydrogen-bond donors (Lipinski definition) is 1. The molecule has 0 heterocycles. The number of aryl methyl sites for hydroxylation is 1. The molecule has 1 rings (SSSR count). The average Bonchev–Trinajstić information content (AvgIpc) is 2.38. The van der Waals surface area contributed by atoms with Crippen LogP contribution in [-0.2, 0) is 0 Å². The van der Waals surface area contributed by atoms with Gasteiger partial charge in [0.25, 0.3) is 5.69 Å². The zero-order valence-electron chi connectivity index (χ0n) is 12.8. The molecule has 0 bridgehead atoms. The summed E-state index contributed by atoms with van der Waals surface area (Å²) in [5.74, 6) is -0.0853. The van der Waals surface area contributed by atoms with Gasteiger partial charge in [-0.05, 0) is 24.8 Å². The van der Waals surface area contributed by atoms with Crippen molar-refractivity contribution in [2.45, 2.75) is 46.5 Å². The van der Waals surface area contributed by atoms with Crippen molar-refractivity contribution >= 4 is 17.1 Å². The zero-order chi connectivity index (χ0) is 16.2. The molecule has 0 saturated carbocycles. The molecule has 0 aliphatic heterocycles. The Morgan fingerprint density at radius 1 is 1.24 bits per heavy atom. The van der Waals surface area contributed by atoms with Crippen molar-refractivity contribution in [1.29, 1.82) is 0 Å². The van der Waals surface area contributed by atoms with Crippen LogP contribution >= 0.6 is 0 Å². The first-order valence-corrected chi connectivity index (χ1v) is 7.01. The number of rotatable bonds is 7. The Morgan fingerprint density at radius 3 is 2.29 bits per heavy atom. The fourth-order valence-electron chi connectivity index (χ4n) is 2.42. The standard InChI is InChI=1S/C14H21N3O4/c1-5-6-7-15-13-11(16(18)19)8-10(4)12(9(2)3)14(13)17(20)21/h8-9,15H,5-7H2,1-4H3. The van der Waals surface area contributed by atoms with Gasteiger partial charge in [-0.2, -0.15) is 0 Å². The molecule has 0 radical (unpaired) electrons. The summed E-state index contributed by atoms with van der Waals surface area (Å²) in [6.45, 7) is 7.82. The van der Waals surface area contributed by atoms with Crippen LogP contribution in [0.25, 0.3) is 0 Å². The summed E-state index contributed by atoms with van der Waals surface area (Å²) in [7, 11) is 0. The van der Waals surface area contributed by atoms with E-state index in [0.29, 0.717) is 17.7 Å². The number of anilines is 1. The molecule has 1 N–H and O–H groups in total. The maximum Gasteiger partial charge on any atom is 0.303 e. The average molecular weight is 295 g/mol. The van der Waals surface area contributed by atoms with Crippen molar-refractivity contribution in [3.8, 4) is 0 Å². The van der Waals surface area contributed by atoms with Crippen LogP contribution in [0.15, 0.2) is 6.07 Å². The van der Waals surface area contributed by atoms with Crippen LogP contribution in [0.1, 0.15) is 50.7 Å². The van der Waals surface area contributed by atoms with Gasteiger partial charge >= 0.3 is 5.69 Å². The summed E-state index contributed by atoms with van der Waals surface area (Å²) in [5.41, 5.74) is 0.731. The predicted molar refractivity (Wildman–Crippen MR) is 82.0 cm³/mol. The minimum atomic E-state index is -0.571. The number of hydrogen-bond acceptors (Lipinski definition) is 5. The van der Waals surface area contributed by atoms with E-state index < -0.39 is 9.85 Å². The van der Waals surface area contributed by atoms with Gasteiger partial charge in [0.05, 0.1) is 9.85 Å². The molecule has 0 aliphatic rings. The zero-order valence-corrected chi connectivity index (χ0v) is 12.8. The first-order valence-electron chi connectivity index (χ1n) is 7.01. The van der Waals surface area contributed by atoms with E-state index in [9.17, 15) is 20.2 Å². The molecule has 0 atom stereocenters. The highest BCUT2D eigenvalue weighted by molar-refractivity contribution is 5.78. The maximum absolute atomic E-state index is 11.4.